The van der Waals surface area contributed by atoms with Gasteiger partial charge in [0.1, 0.15) is 12.6 Å². The summed E-state index contributed by atoms with van der Waals surface area (Å²) >= 11 is 25.5. The third-order valence-electron chi connectivity index (χ3n) is 6.04. The number of anilines is 1. The van der Waals surface area contributed by atoms with Gasteiger partial charge in [0, 0.05) is 34.1 Å². The van der Waals surface area contributed by atoms with Crippen molar-refractivity contribution in [1.29, 1.82) is 0 Å². The molecule has 3 rings (SSSR count). The molecule has 1 N–H and O–H groups in total. The summed E-state index contributed by atoms with van der Waals surface area (Å²) in [5.74, 6) is -1.10. The molecule has 2 amide bonds. The summed E-state index contributed by atoms with van der Waals surface area (Å²) in [5, 5.41) is 3.63. The molecule has 41 heavy (non-hydrogen) atoms. The standard InChI is InChI=1S/C29H31Cl4N3O4S/c1-29(2,3)34-28(38)25(16-19-10-6-5-7-11-19)35(17-20-21(30)12-8-13-22(20)31)26(37)18-36(41(4,39)40)24-15-9-14-23(32)27(24)33/h5-15,25H,16-18H2,1-4H3,(H,34,38)/t25-/m0/s1. The van der Waals surface area contributed by atoms with Gasteiger partial charge in [0.25, 0.3) is 0 Å². The number of sulfonamides is 1. The Balaban J connectivity index is 2.15. The maximum absolute atomic E-state index is 14.2. The lowest BCUT2D eigenvalue weighted by Crippen LogP contribution is -2.56. The van der Waals surface area contributed by atoms with Gasteiger partial charge in [-0.1, -0.05) is 88.9 Å². The fraction of sp³-hybridized carbons (Fsp3) is 0.310. The van der Waals surface area contributed by atoms with Crippen LogP contribution in [-0.4, -0.2) is 49.5 Å². The van der Waals surface area contributed by atoms with Gasteiger partial charge < -0.3 is 10.2 Å². The zero-order chi connectivity index (χ0) is 30.5. The molecule has 0 radical (unpaired) electrons. The van der Waals surface area contributed by atoms with Crippen LogP contribution in [-0.2, 0) is 32.6 Å². The van der Waals surface area contributed by atoms with E-state index in [1.165, 1.54) is 23.1 Å². The van der Waals surface area contributed by atoms with Crippen molar-refractivity contribution in [2.45, 2.75) is 45.3 Å². The molecule has 0 aliphatic heterocycles. The molecular weight excluding hydrogens is 628 g/mol. The van der Waals surface area contributed by atoms with Crippen molar-refractivity contribution in [3.63, 3.8) is 0 Å². The van der Waals surface area contributed by atoms with Gasteiger partial charge in [0.2, 0.25) is 21.8 Å². The van der Waals surface area contributed by atoms with Crippen LogP contribution in [0.1, 0.15) is 31.9 Å². The molecule has 0 bridgehead atoms. The highest BCUT2D eigenvalue weighted by atomic mass is 35.5. The molecule has 0 aliphatic carbocycles. The van der Waals surface area contributed by atoms with Crippen molar-refractivity contribution >= 4 is 73.9 Å². The fourth-order valence-corrected chi connectivity index (χ4v) is 5.96. The van der Waals surface area contributed by atoms with Crippen LogP contribution in [0.5, 0.6) is 0 Å². The number of hydrogen-bond acceptors (Lipinski definition) is 4. The number of hydrogen-bond donors (Lipinski definition) is 1. The first kappa shape index (κ1) is 33.0. The van der Waals surface area contributed by atoms with Crippen LogP contribution in [0.2, 0.25) is 20.1 Å². The number of rotatable bonds is 10. The number of benzene rings is 3. The summed E-state index contributed by atoms with van der Waals surface area (Å²) < 4.78 is 26.7. The van der Waals surface area contributed by atoms with Crippen molar-refractivity contribution in [2.75, 3.05) is 17.1 Å². The van der Waals surface area contributed by atoms with E-state index in [2.05, 4.69) is 5.32 Å². The van der Waals surface area contributed by atoms with Gasteiger partial charge in [-0.25, -0.2) is 8.42 Å². The maximum atomic E-state index is 14.2. The Hall–Kier alpha value is -2.49. The first-order chi connectivity index (χ1) is 19.1. The Morgan fingerprint density at radius 2 is 1.41 bits per heavy atom. The predicted molar refractivity (Wildman–Crippen MR) is 167 cm³/mol. The topological polar surface area (TPSA) is 86.8 Å². The van der Waals surface area contributed by atoms with E-state index in [1.807, 2.05) is 51.1 Å². The second-order valence-electron chi connectivity index (χ2n) is 10.5. The van der Waals surface area contributed by atoms with Crippen molar-refractivity contribution in [3.05, 3.63) is 97.9 Å². The summed E-state index contributed by atoms with van der Waals surface area (Å²) in [7, 11) is -4.02. The van der Waals surface area contributed by atoms with Crippen LogP contribution < -0.4 is 9.62 Å². The quantitative estimate of drug-likeness (QED) is 0.265. The van der Waals surface area contributed by atoms with E-state index in [9.17, 15) is 18.0 Å². The SMILES string of the molecule is CC(C)(C)NC(=O)[C@H](Cc1ccccc1)N(Cc1c(Cl)cccc1Cl)C(=O)CN(c1cccc(Cl)c1Cl)S(C)(=O)=O. The van der Waals surface area contributed by atoms with Crippen LogP contribution in [0.4, 0.5) is 5.69 Å². The van der Waals surface area contributed by atoms with Gasteiger partial charge in [-0.2, -0.15) is 0 Å². The van der Waals surface area contributed by atoms with Crippen LogP contribution in [0, 0.1) is 0 Å². The van der Waals surface area contributed by atoms with Gasteiger partial charge in [0.05, 0.1) is 22.0 Å². The molecule has 220 valence electrons. The first-order valence-corrected chi connectivity index (χ1v) is 15.9. The van der Waals surface area contributed by atoms with Crippen LogP contribution in [0.3, 0.4) is 0 Å². The molecular formula is C29H31Cl4N3O4S. The molecule has 3 aromatic carbocycles. The molecule has 0 saturated carbocycles. The largest absolute Gasteiger partial charge is 0.350 e. The van der Waals surface area contributed by atoms with E-state index in [0.29, 0.717) is 15.6 Å². The zero-order valence-corrected chi connectivity index (χ0v) is 26.8. The average molecular weight is 659 g/mol. The van der Waals surface area contributed by atoms with Gasteiger partial charge in [0.15, 0.2) is 0 Å². The van der Waals surface area contributed by atoms with Crippen molar-refractivity contribution < 1.29 is 18.0 Å². The molecule has 0 spiro atoms. The summed E-state index contributed by atoms with van der Waals surface area (Å²) in [6, 6.07) is 17.6. The van der Waals surface area contributed by atoms with Gasteiger partial charge in [-0.05, 0) is 50.6 Å². The average Bonchev–Trinajstić information content (AvgIpc) is 2.87. The zero-order valence-electron chi connectivity index (χ0n) is 23.0. The van der Waals surface area contributed by atoms with Gasteiger partial charge in [-0.15, -0.1) is 0 Å². The number of halogens is 4. The fourth-order valence-electron chi connectivity index (χ4n) is 4.14. The summed E-state index contributed by atoms with van der Waals surface area (Å²) in [6.45, 7) is 4.67. The third-order valence-corrected chi connectivity index (χ3v) is 8.68. The van der Waals surface area contributed by atoms with E-state index in [1.54, 1.807) is 18.2 Å². The molecule has 1 atom stereocenters. The van der Waals surface area contributed by atoms with Crippen molar-refractivity contribution in [2.24, 2.45) is 0 Å². The van der Waals surface area contributed by atoms with E-state index in [0.717, 1.165) is 16.1 Å². The van der Waals surface area contributed by atoms with E-state index >= 15 is 0 Å². The van der Waals surface area contributed by atoms with Gasteiger partial charge >= 0.3 is 0 Å². The second-order valence-corrected chi connectivity index (χ2v) is 14.0. The molecule has 0 unspecified atom stereocenters. The summed E-state index contributed by atoms with van der Waals surface area (Å²) in [6.07, 6.45) is 1.11. The smallest absolute Gasteiger partial charge is 0.244 e. The Kier molecular flexibility index (Phi) is 11.0. The van der Waals surface area contributed by atoms with Crippen molar-refractivity contribution in [1.82, 2.24) is 10.2 Å². The normalized spacial score (nSPS) is 12.5. The molecule has 0 heterocycles. The Morgan fingerprint density at radius 1 is 0.854 bits per heavy atom. The molecule has 0 saturated heterocycles. The monoisotopic (exact) mass is 657 g/mol. The van der Waals surface area contributed by atoms with Crippen LogP contribution in [0.25, 0.3) is 0 Å². The van der Waals surface area contributed by atoms with E-state index in [4.69, 9.17) is 46.4 Å². The minimum absolute atomic E-state index is 0.0283. The Morgan fingerprint density at radius 3 is 1.98 bits per heavy atom. The number of nitrogens with zero attached hydrogens (tertiary/aromatic N) is 2. The minimum atomic E-state index is -4.02. The molecule has 0 aliphatic rings. The van der Waals surface area contributed by atoms with Crippen LogP contribution >= 0.6 is 46.4 Å². The molecule has 3 aromatic rings. The minimum Gasteiger partial charge on any atom is -0.350 e. The van der Waals surface area contributed by atoms with Gasteiger partial charge in [-0.3, -0.25) is 13.9 Å². The number of carbonyl (C=O) groups is 2. The molecule has 0 aromatic heterocycles. The number of amides is 2. The van der Waals surface area contributed by atoms with Crippen molar-refractivity contribution in [3.8, 4) is 0 Å². The predicted octanol–water partition coefficient (Wildman–Crippen LogP) is 6.62. The Bertz CT molecular complexity index is 1490. The highest BCUT2D eigenvalue weighted by molar-refractivity contribution is 7.92. The first-order valence-electron chi connectivity index (χ1n) is 12.6. The number of carbonyl (C=O) groups excluding carboxylic acids is 2. The summed E-state index contributed by atoms with van der Waals surface area (Å²) in [4.78, 5) is 29.3. The lowest BCUT2D eigenvalue weighted by atomic mass is 10.0. The maximum Gasteiger partial charge on any atom is 0.244 e. The van der Waals surface area contributed by atoms with E-state index < -0.39 is 40.0 Å². The molecule has 0 fully saturated rings. The lowest BCUT2D eigenvalue weighted by Gasteiger charge is -2.35. The Labute approximate surface area is 261 Å². The third kappa shape index (κ3) is 9.00. The second kappa shape index (κ2) is 13.7. The van der Waals surface area contributed by atoms with E-state index in [-0.39, 0.29) is 28.7 Å². The number of nitrogens with one attached hydrogen (secondary N) is 1. The molecule has 12 heteroatoms. The molecule has 7 nitrogen and oxygen atoms in total. The summed E-state index contributed by atoms with van der Waals surface area (Å²) in [5.41, 5.74) is 0.625. The lowest BCUT2D eigenvalue weighted by molar-refractivity contribution is -0.140. The van der Waals surface area contributed by atoms with Crippen LogP contribution in [0.15, 0.2) is 66.7 Å². The highest BCUT2D eigenvalue weighted by Gasteiger charge is 2.35. The highest BCUT2D eigenvalue weighted by Crippen LogP contribution is 2.34.